The lowest BCUT2D eigenvalue weighted by atomic mass is 9.90. The molecule has 2 aliphatic rings. The maximum absolute atomic E-state index is 14.1. The standard InChI is InChI=1S/C31H38N4O2/c1-20(2)23-12-14-24(15-13-23)26-18-28-29(36)35(27-16-11-21(3)17-22(27)4)31(5,19-34(28)33-26)30(37)32-25-9-7-6-8-10-25/h11-18,20,25H,6-10,19H2,1-5H3,(H,32,37)/t31-/m0/s1. The van der Waals surface area contributed by atoms with Crippen LogP contribution in [0.15, 0.2) is 48.5 Å². The smallest absolute Gasteiger partial charge is 0.277 e. The number of nitrogens with zero attached hydrogens (tertiary/aromatic N) is 3. The van der Waals surface area contributed by atoms with E-state index in [4.69, 9.17) is 5.10 Å². The first-order valence-electron chi connectivity index (χ1n) is 13.6. The van der Waals surface area contributed by atoms with Gasteiger partial charge in [0.1, 0.15) is 11.2 Å². The van der Waals surface area contributed by atoms with Crippen molar-refractivity contribution < 1.29 is 9.59 Å². The van der Waals surface area contributed by atoms with E-state index in [0.29, 0.717) is 18.2 Å². The van der Waals surface area contributed by atoms with Crippen LogP contribution in [0.25, 0.3) is 11.3 Å². The Bertz CT molecular complexity index is 1320. The molecule has 37 heavy (non-hydrogen) atoms. The molecule has 5 rings (SSSR count). The molecule has 1 atom stereocenters. The largest absolute Gasteiger partial charge is 0.351 e. The van der Waals surface area contributed by atoms with Crippen LogP contribution in [0.2, 0.25) is 0 Å². The summed E-state index contributed by atoms with van der Waals surface area (Å²) in [5.74, 6) is 0.134. The van der Waals surface area contributed by atoms with Gasteiger partial charge in [-0.3, -0.25) is 19.2 Å². The monoisotopic (exact) mass is 498 g/mol. The molecule has 1 N–H and O–H groups in total. The second kappa shape index (κ2) is 9.81. The first kappa shape index (κ1) is 25.2. The summed E-state index contributed by atoms with van der Waals surface area (Å²) >= 11 is 0. The van der Waals surface area contributed by atoms with Crippen molar-refractivity contribution in [2.75, 3.05) is 4.90 Å². The summed E-state index contributed by atoms with van der Waals surface area (Å²) in [4.78, 5) is 29.8. The molecule has 2 aromatic carbocycles. The third kappa shape index (κ3) is 4.70. The van der Waals surface area contributed by atoms with Gasteiger partial charge in [0.25, 0.3) is 5.91 Å². The zero-order valence-corrected chi connectivity index (χ0v) is 22.7. The van der Waals surface area contributed by atoms with E-state index in [0.717, 1.165) is 53.8 Å². The molecule has 0 saturated heterocycles. The van der Waals surface area contributed by atoms with Crippen molar-refractivity contribution in [2.24, 2.45) is 0 Å². The second-order valence-electron chi connectivity index (χ2n) is 11.4. The van der Waals surface area contributed by atoms with E-state index < -0.39 is 5.54 Å². The van der Waals surface area contributed by atoms with Gasteiger partial charge in [-0.05, 0) is 62.8 Å². The van der Waals surface area contributed by atoms with E-state index in [2.05, 4.69) is 49.5 Å². The minimum Gasteiger partial charge on any atom is -0.351 e. The van der Waals surface area contributed by atoms with Crippen molar-refractivity contribution in [1.29, 1.82) is 0 Å². The van der Waals surface area contributed by atoms with Gasteiger partial charge in [0.2, 0.25) is 5.91 Å². The lowest BCUT2D eigenvalue weighted by molar-refractivity contribution is -0.127. The summed E-state index contributed by atoms with van der Waals surface area (Å²) in [5.41, 5.74) is 5.24. The highest BCUT2D eigenvalue weighted by atomic mass is 16.2. The van der Waals surface area contributed by atoms with Gasteiger partial charge < -0.3 is 5.32 Å². The van der Waals surface area contributed by atoms with Crippen molar-refractivity contribution in [3.05, 3.63) is 70.9 Å². The van der Waals surface area contributed by atoms with Crippen molar-refractivity contribution >= 4 is 17.5 Å². The third-order valence-corrected chi connectivity index (χ3v) is 8.05. The molecule has 194 valence electrons. The minimum atomic E-state index is -1.10. The van der Waals surface area contributed by atoms with E-state index in [1.165, 1.54) is 12.0 Å². The van der Waals surface area contributed by atoms with Crippen LogP contribution < -0.4 is 10.2 Å². The molecule has 0 radical (unpaired) electrons. The van der Waals surface area contributed by atoms with Crippen molar-refractivity contribution in [3.63, 3.8) is 0 Å². The average Bonchev–Trinajstić information content (AvgIpc) is 3.30. The Labute approximate surface area is 220 Å². The van der Waals surface area contributed by atoms with Crippen molar-refractivity contribution in [2.45, 2.75) is 90.8 Å². The summed E-state index contributed by atoms with van der Waals surface area (Å²) in [5, 5.41) is 8.12. The predicted octanol–water partition coefficient (Wildman–Crippen LogP) is 6.16. The number of rotatable bonds is 5. The fourth-order valence-electron chi connectivity index (χ4n) is 5.78. The Kier molecular flexibility index (Phi) is 6.69. The fraction of sp³-hybridized carbons (Fsp3) is 0.452. The van der Waals surface area contributed by atoms with Crippen LogP contribution in [0.1, 0.15) is 86.0 Å². The molecule has 6 heteroatoms. The lowest BCUT2D eigenvalue weighted by Gasteiger charge is -2.44. The van der Waals surface area contributed by atoms with Crippen LogP contribution in [0, 0.1) is 13.8 Å². The predicted molar refractivity (Wildman–Crippen MR) is 148 cm³/mol. The number of carbonyl (C=O) groups excluding carboxylic acids is 2. The highest BCUT2D eigenvalue weighted by Crippen LogP contribution is 2.36. The summed E-state index contributed by atoms with van der Waals surface area (Å²) in [6.45, 7) is 10.6. The average molecular weight is 499 g/mol. The van der Waals surface area contributed by atoms with Gasteiger partial charge in [-0.2, -0.15) is 5.10 Å². The SMILES string of the molecule is Cc1ccc(N2C(=O)c3cc(-c4ccc(C(C)C)cc4)nn3C[C@@]2(C)C(=O)NC2CCCCC2)c(C)c1. The van der Waals surface area contributed by atoms with Crippen LogP contribution >= 0.6 is 0 Å². The van der Waals surface area contributed by atoms with Gasteiger partial charge in [-0.25, -0.2) is 0 Å². The highest BCUT2D eigenvalue weighted by Gasteiger charge is 2.49. The number of hydrogen-bond donors (Lipinski definition) is 1. The number of nitrogens with one attached hydrogen (secondary N) is 1. The topological polar surface area (TPSA) is 67.2 Å². The van der Waals surface area contributed by atoms with Gasteiger partial charge in [0.05, 0.1) is 12.2 Å². The number of aromatic nitrogens is 2. The number of carbonyl (C=O) groups is 2. The van der Waals surface area contributed by atoms with Crippen LogP contribution in [0.4, 0.5) is 5.69 Å². The van der Waals surface area contributed by atoms with Gasteiger partial charge in [-0.1, -0.05) is 75.1 Å². The zero-order chi connectivity index (χ0) is 26.3. The molecule has 6 nitrogen and oxygen atoms in total. The van der Waals surface area contributed by atoms with Gasteiger partial charge in [0.15, 0.2) is 0 Å². The highest BCUT2D eigenvalue weighted by molar-refractivity contribution is 6.12. The van der Waals surface area contributed by atoms with E-state index in [9.17, 15) is 9.59 Å². The molecule has 3 aromatic rings. The zero-order valence-electron chi connectivity index (χ0n) is 22.7. The van der Waals surface area contributed by atoms with Gasteiger partial charge >= 0.3 is 0 Å². The molecule has 2 heterocycles. The quantitative estimate of drug-likeness (QED) is 0.458. The van der Waals surface area contributed by atoms with E-state index >= 15 is 0 Å². The maximum atomic E-state index is 14.1. The molecule has 2 amide bonds. The first-order valence-corrected chi connectivity index (χ1v) is 13.6. The molecule has 1 aliphatic heterocycles. The number of anilines is 1. The normalized spacial score (nSPS) is 20.3. The lowest BCUT2D eigenvalue weighted by Crippen LogP contribution is -2.65. The number of aryl methyl sites for hydroxylation is 2. The van der Waals surface area contributed by atoms with Crippen LogP contribution in [0.5, 0.6) is 0 Å². The number of amides is 2. The fourth-order valence-corrected chi connectivity index (χ4v) is 5.78. The number of fused-ring (bicyclic) bond motifs is 1. The summed E-state index contributed by atoms with van der Waals surface area (Å²) in [6, 6.07) is 16.4. The Balaban J connectivity index is 1.56. The molecule has 1 fully saturated rings. The Morgan fingerprint density at radius 2 is 1.73 bits per heavy atom. The van der Waals surface area contributed by atoms with E-state index in [1.54, 1.807) is 9.58 Å². The Morgan fingerprint density at radius 3 is 2.38 bits per heavy atom. The molecule has 0 spiro atoms. The second-order valence-corrected chi connectivity index (χ2v) is 11.4. The third-order valence-electron chi connectivity index (χ3n) is 8.05. The van der Waals surface area contributed by atoms with Gasteiger partial charge in [0, 0.05) is 17.3 Å². The number of benzene rings is 2. The Morgan fingerprint density at radius 1 is 1.03 bits per heavy atom. The summed E-state index contributed by atoms with van der Waals surface area (Å²) in [7, 11) is 0. The van der Waals surface area contributed by atoms with Crippen molar-refractivity contribution in [1.82, 2.24) is 15.1 Å². The number of hydrogen-bond acceptors (Lipinski definition) is 3. The first-order chi connectivity index (χ1) is 17.7. The molecular formula is C31H38N4O2. The summed E-state index contributed by atoms with van der Waals surface area (Å²) in [6.07, 6.45) is 5.45. The molecule has 1 aliphatic carbocycles. The van der Waals surface area contributed by atoms with E-state index in [-0.39, 0.29) is 17.9 Å². The molecule has 0 bridgehead atoms. The van der Waals surface area contributed by atoms with Crippen LogP contribution in [-0.2, 0) is 11.3 Å². The van der Waals surface area contributed by atoms with E-state index in [1.807, 2.05) is 39.0 Å². The molecular weight excluding hydrogens is 460 g/mol. The van der Waals surface area contributed by atoms with Gasteiger partial charge in [-0.15, -0.1) is 0 Å². The Hall–Kier alpha value is -3.41. The maximum Gasteiger partial charge on any atom is 0.277 e. The van der Waals surface area contributed by atoms with Crippen LogP contribution in [-0.4, -0.2) is 33.2 Å². The molecule has 1 saturated carbocycles. The molecule has 1 aromatic heterocycles. The summed E-state index contributed by atoms with van der Waals surface area (Å²) < 4.78 is 1.73. The molecule has 0 unspecified atom stereocenters. The van der Waals surface area contributed by atoms with Crippen LogP contribution in [0.3, 0.4) is 0 Å². The van der Waals surface area contributed by atoms with Crippen molar-refractivity contribution in [3.8, 4) is 11.3 Å². The minimum absolute atomic E-state index is 0.114.